The number of nitrogens with zero attached hydrogens (tertiary/aromatic N) is 2. The first-order valence-corrected chi connectivity index (χ1v) is 42.4. The van der Waals surface area contributed by atoms with Gasteiger partial charge in [0.2, 0.25) is 0 Å². The van der Waals surface area contributed by atoms with Crippen molar-refractivity contribution in [3.05, 3.63) is 361 Å². The van der Waals surface area contributed by atoms with Gasteiger partial charge in [0.1, 0.15) is 0 Å². The number of aryl methyl sites for hydroxylation is 1. The molecule has 2 aliphatic carbocycles. The zero-order valence-electron chi connectivity index (χ0n) is 65.5. The van der Waals surface area contributed by atoms with Crippen LogP contribution in [0.1, 0.15) is 217 Å². The van der Waals surface area contributed by atoms with Gasteiger partial charge in [-0.25, -0.2) is 0 Å². The van der Waals surface area contributed by atoms with E-state index in [2.05, 4.69) is 380 Å². The summed E-state index contributed by atoms with van der Waals surface area (Å²) in [6, 6.07) is 106. The molecule has 0 aromatic heterocycles. The molecule has 560 valence electrons. The molecule has 12 aromatic rings. The van der Waals surface area contributed by atoms with Crippen LogP contribution < -0.4 is 15.5 Å². The maximum Gasteiger partial charge on any atom is 0.0465 e. The molecular weight excluding hydrogens is 1460 g/mol. The molecule has 0 aliphatic heterocycles. The number of unbranched alkanes of at least 4 members (excludes halogenated alkanes) is 12. The number of halogens is 2. The minimum Gasteiger partial charge on any atom is -0.399 e. The highest BCUT2D eigenvalue weighted by Gasteiger charge is 2.44. The molecule has 110 heavy (non-hydrogen) atoms. The van der Waals surface area contributed by atoms with Crippen LogP contribution in [-0.2, 0) is 10.8 Å². The van der Waals surface area contributed by atoms with Gasteiger partial charge in [-0.15, -0.1) is 0 Å². The van der Waals surface area contributed by atoms with E-state index in [-0.39, 0.29) is 10.8 Å². The van der Waals surface area contributed by atoms with Gasteiger partial charge in [0.05, 0.1) is 0 Å². The molecule has 14 rings (SSSR count). The van der Waals surface area contributed by atoms with Crippen LogP contribution in [0.5, 0.6) is 0 Å². The summed E-state index contributed by atoms with van der Waals surface area (Å²) in [5, 5.41) is 0. The van der Waals surface area contributed by atoms with Crippen LogP contribution in [0.4, 0.5) is 39.8 Å². The van der Waals surface area contributed by atoms with Crippen molar-refractivity contribution in [1.29, 1.82) is 0 Å². The molecule has 5 heteroatoms. The number of hydrogen-bond acceptors (Lipinski definition) is 3. The third-order valence-electron chi connectivity index (χ3n) is 22.3. The number of fused-ring (bicyclic) bond motifs is 6. The Balaban J connectivity index is 0.000000216. The summed E-state index contributed by atoms with van der Waals surface area (Å²) in [7, 11) is 0. The third kappa shape index (κ3) is 20.4. The van der Waals surface area contributed by atoms with Crippen LogP contribution in [0, 0.1) is 6.92 Å². The summed E-state index contributed by atoms with van der Waals surface area (Å²) in [5.74, 6) is 0. The highest BCUT2D eigenvalue weighted by Crippen LogP contribution is 2.57. The third-order valence-corrected chi connectivity index (χ3v) is 23.4. The van der Waals surface area contributed by atoms with E-state index < -0.39 is 0 Å². The minimum absolute atomic E-state index is 0.00789. The summed E-state index contributed by atoms with van der Waals surface area (Å²) in [5.41, 5.74) is 34.4. The van der Waals surface area contributed by atoms with E-state index in [9.17, 15) is 0 Å². The molecule has 0 heterocycles. The Kier molecular flexibility index (Phi) is 29.2. The Morgan fingerprint density at radius 1 is 0.264 bits per heavy atom. The van der Waals surface area contributed by atoms with Crippen molar-refractivity contribution < 1.29 is 0 Å². The summed E-state index contributed by atoms with van der Waals surface area (Å²) < 4.78 is 2.21. The van der Waals surface area contributed by atoms with Crippen molar-refractivity contribution in [2.75, 3.05) is 15.5 Å². The van der Waals surface area contributed by atoms with Crippen molar-refractivity contribution >= 4 is 108 Å². The Morgan fingerprint density at radius 3 is 0.891 bits per heavy atom. The number of hydrogen-bond donors (Lipinski definition) is 1. The van der Waals surface area contributed by atoms with Gasteiger partial charge in [0.25, 0.3) is 0 Å². The first-order valence-electron chi connectivity index (χ1n) is 40.9. The zero-order valence-corrected chi connectivity index (χ0v) is 68.7. The molecule has 0 amide bonds. The van der Waals surface area contributed by atoms with Gasteiger partial charge >= 0.3 is 0 Å². The lowest BCUT2D eigenvalue weighted by atomic mass is 9.70. The first kappa shape index (κ1) is 79.8. The molecule has 0 fully saturated rings. The van der Waals surface area contributed by atoms with Crippen LogP contribution in [0.2, 0.25) is 0 Å². The van der Waals surface area contributed by atoms with Gasteiger partial charge in [-0.1, -0.05) is 386 Å². The normalized spacial score (nSPS) is 12.8. The molecule has 0 saturated carbocycles. The highest BCUT2D eigenvalue weighted by molar-refractivity contribution is 9.10. The summed E-state index contributed by atoms with van der Waals surface area (Å²) in [6.45, 7) is 11.4. The lowest BCUT2D eigenvalue weighted by Crippen LogP contribution is -2.26. The Morgan fingerprint density at radius 2 is 0.536 bits per heavy atom. The van der Waals surface area contributed by atoms with Crippen molar-refractivity contribution in [2.24, 2.45) is 0 Å². The number of para-hydroxylation sites is 2. The molecule has 0 spiro atoms. The standard InChI is InChI=1S/C66H66N2.C25H35N.C14H10Br2/c1-4-6-8-18-48-66(49-19-9-7-5-2)64-25-17-16-24-62(64)63-47-46-61(50-65(63)66)68(59-42-36-53(37-43-59)31-30-52-28-26-51(3)27-29-52)60-44-38-55(39-45-60)33-32-54-34-40-58(41-35-54)67(56-20-12-10-13-21-56)57-22-14-11-15-23-57;1-3-5-7-11-17-25(18-12-8-6-4-2)23-14-10-9-13-21(23)22-16-15-20(26)19-24(22)25;15-13-7-3-11(4-8-13)1-2-12-5-9-14(16)10-6-12/h10-17,20-47,50H,4-9,18-19,48-49H2,1-3H3;9-10,13-16,19H,3-8,11-12,17-18,26H2,1-2H3;1-10H/b;;2-1+. The fourth-order valence-corrected chi connectivity index (χ4v) is 17.0. The summed E-state index contributed by atoms with van der Waals surface area (Å²) in [6.07, 6.45) is 38.7. The number of benzene rings is 12. The van der Waals surface area contributed by atoms with E-state index in [0.29, 0.717) is 0 Å². The molecular formula is C105H111Br2N3. The lowest BCUT2D eigenvalue weighted by molar-refractivity contribution is 0.401. The van der Waals surface area contributed by atoms with Crippen molar-refractivity contribution in [3.8, 4) is 22.3 Å². The predicted octanol–water partition coefficient (Wildman–Crippen LogP) is 32.3. The van der Waals surface area contributed by atoms with Crippen molar-refractivity contribution in [3.63, 3.8) is 0 Å². The fourth-order valence-electron chi connectivity index (χ4n) is 16.5. The Labute approximate surface area is 676 Å². The summed E-state index contributed by atoms with van der Waals surface area (Å²) in [4.78, 5) is 4.77. The van der Waals surface area contributed by atoms with Crippen molar-refractivity contribution in [1.82, 2.24) is 0 Å². The van der Waals surface area contributed by atoms with Crippen LogP contribution in [0.3, 0.4) is 0 Å². The van der Waals surface area contributed by atoms with Crippen LogP contribution in [0.15, 0.2) is 300 Å². The van der Waals surface area contributed by atoms with Crippen LogP contribution in [0.25, 0.3) is 58.7 Å². The van der Waals surface area contributed by atoms with Crippen LogP contribution in [-0.4, -0.2) is 0 Å². The van der Waals surface area contributed by atoms with Gasteiger partial charge in [0.15, 0.2) is 0 Å². The molecule has 0 atom stereocenters. The Bertz CT molecular complexity index is 4790. The molecule has 0 bridgehead atoms. The van der Waals surface area contributed by atoms with Gasteiger partial charge in [-0.2, -0.15) is 0 Å². The van der Waals surface area contributed by atoms with E-state index in [1.807, 2.05) is 24.3 Å². The number of nitrogen functional groups attached to an aromatic ring is 1. The second-order valence-electron chi connectivity index (χ2n) is 30.2. The monoisotopic (exact) mass is 1570 g/mol. The molecule has 0 radical (unpaired) electrons. The average Bonchev–Trinajstić information content (AvgIpc) is 1.57. The predicted molar refractivity (Wildman–Crippen MR) is 487 cm³/mol. The molecule has 0 unspecified atom stereocenters. The SMILES string of the molecule is Brc1ccc(/C=C/c2ccc(Br)cc2)cc1.CCCCCCC1(CCCCCC)c2ccccc2-c2ccc(N(c3ccc(C=Cc4ccc(C)cc4)cc3)c3ccc(C=Cc4ccc(N(c5ccccc5)c5ccccc5)cc4)cc3)cc21.CCCCCCC1(CCCCCC)c2ccccc2-c2ccc(N)cc21. The van der Waals surface area contributed by atoms with Crippen LogP contribution >= 0.6 is 31.9 Å². The second-order valence-corrected chi connectivity index (χ2v) is 32.0. The van der Waals surface area contributed by atoms with Crippen molar-refractivity contribution in [2.45, 2.75) is 174 Å². The quantitative estimate of drug-likeness (QED) is 0.0259. The lowest BCUT2D eigenvalue weighted by Gasteiger charge is -2.34. The smallest absolute Gasteiger partial charge is 0.0465 e. The Hall–Kier alpha value is -9.78. The maximum absolute atomic E-state index is 6.24. The van der Waals surface area contributed by atoms with E-state index in [0.717, 1.165) is 54.2 Å². The molecule has 0 saturated heterocycles. The minimum atomic E-state index is 0.00789. The first-order chi connectivity index (χ1) is 54.0. The van der Waals surface area contributed by atoms with Gasteiger partial charge < -0.3 is 15.5 Å². The second kappa shape index (κ2) is 40.2. The van der Waals surface area contributed by atoms with Gasteiger partial charge in [-0.3, -0.25) is 0 Å². The topological polar surface area (TPSA) is 32.5 Å². The molecule has 12 aromatic carbocycles. The fraction of sp³-hybridized carbons (Fsp3) is 0.257. The average molecular weight is 1570 g/mol. The number of nitrogens with two attached hydrogens (primary N) is 1. The van der Waals surface area contributed by atoms with E-state index in [1.165, 1.54) is 201 Å². The van der Waals surface area contributed by atoms with Gasteiger partial charge in [0, 0.05) is 59.6 Å². The molecule has 3 nitrogen and oxygen atoms in total. The number of anilines is 7. The molecule has 2 aliphatic rings. The summed E-state index contributed by atoms with van der Waals surface area (Å²) >= 11 is 6.84. The zero-order chi connectivity index (χ0) is 76.3. The molecule has 2 N–H and O–H groups in total. The van der Waals surface area contributed by atoms with E-state index in [1.54, 1.807) is 5.56 Å². The van der Waals surface area contributed by atoms with E-state index >= 15 is 0 Å². The highest BCUT2D eigenvalue weighted by atomic mass is 79.9. The largest absolute Gasteiger partial charge is 0.399 e. The van der Waals surface area contributed by atoms with E-state index in [4.69, 9.17) is 5.73 Å². The number of rotatable bonds is 32. The maximum atomic E-state index is 6.24. The van der Waals surface area contributed by atoms with Gasteiger partial charge in [-0.05, 0) is 220 Å².